The van der Waals surface area contributed by atoms with E-state index in [2.05, 4.69) is 9.71 Å². The van der Waals surface area contributed by atoms with Crippen molar-refractivity contribution in [3.8, 4) is 0 Å². The van der Waals surface area contributed by atoms with Crippen LogP contribution in [0.4, 0.5) is 0 Å². The third-order valence-corrected chi connectivity index (χ3v) is 3.73. The Hall–Kier alpha value is -0.690. The van der Waals surface area contributed by atoms with Gasteiger partial charge in [-0.3, -0.25) is 0 Å². The third kappa shape index (κ3) is 4.59. The number of hydrogen-bond acceptors (Lipinski definition) is 4. The van der Waals surface area contributed by atoms with E-state index in [1.54, 1.807) is 6.92 Å². The molecule has 1 aromatic rings. The lowest BCUT2D eigenvalue weighted by Crippen LogP contribution is -2.35. The Bertz CT molecular complexity index is 464. The molecule has 0 aliphatic heterocycles. The molecule has 0 aliphatic carbocycles. The molecule has 1 rings (SSSR count). The quantitative estimate of drug-likeness (QED) is 0.800. The van der Waals surface area contributed by atoms with E-state index in [0.29, 0.717) is 13.2 Å². The topological polar surface area (TPSA) is 68.3 Å². The summed E-state index contributed by atoms with van der Waals surface area (Å²) in [4.78, 5) is 3.83. The predicted molar refractivity (Wildman–Crippen MR) is 65.5 cm³/mol. The minimum absolute atomic E-state index is 0.0980. The highest BCUT2D eigenvalue weighted by Gasteiger charge is 2.17. The number of sulfonamides is 1. The van der Waals surface area contributed by atoms with Crippen LogP contribution in [0.5, 0.6) is 0 Å². The monoisotopic (exact) mass is 278 g/mol. The zero-order valence-electron chi connectivity index (χ0n) is 9.68. The van der Waals surface area contributed by atoms with Crippen LogP contribution >= 0.6 is 11.6 Å². The number of hydrogen-bond donors (Lipinski definition) is 1. The molecule has 1 N–H and O–H groups in total. The molecule has 0 aromatic carbocycles. The maximum absolute atomic E-state index is 11.9. The molecule has 1 unspecified atom stereocenters. The molecular weight excluding hydrogens is 264 g/mol. The van der Waals surface area contributed by atoms with E-state index in [9.17, 15) is 8.42 Å². The molecule has 0 bridgehead atoms. The van der Waals surface area contributed by atoms with E-state index in [0.717, 1.165) is 0 Å². The van der Waals surface area contributed by atoms with Crippen molar-refractivity contribution < 1.29 is 13.2 Å². The molecular formula is C10H15ClN2O3S. The van der Waals surface area contributed by atoms with E-state index in [1.165, 1.54) is 18.3 Å². The molecule has 7 heteroatoms. The number of nitrogens with one attached hydrogen (secondary N) is 1. The second-order valence-corrected chi connectivity index (χ2v) is 5.60. The Morgan fingerprint density at radius 2 is 2.29 bits per heavy atom. The Morgan fingerprint density at radius 1 is 1.59 bits per heavy atom. The van der Waals surface area contributed by atoms with Crippen LogP contribution in [0.25, 0.3) is 0 Å². The fraction of sp³-hybridized carbons (Fsp3) is 0.500. The predicted octanol–water partition coefficient (Wildman–Crippen LogP) is 1.44. The summed E-state index contributed by atoms with van der Waals surface area (Å²) in [6, 6.07) is 2.39. The van der Waals surface area contributed by atoms with Crippen molar-refractivity contribution >= 4 is 21.6 Å². The van der Waals surface area contributed by atoms with Gasteiger partial charge in [0.1, 0.15) is 5.15 Å². The van der Waals surface area contributed by atoms with Gasteiger partial charge in [0, 0.05) is 18.8 Å². The van der Waals surface area contributed by atoms with Crippen LogP contribution in [0, 0.1) is 0 Å². The maximum atomic E-state index is 11.9. The van der Waals surface area contributed by atoms with Gasteiger partial charge in [0.05, 0.1) is 11.5 Å². The highest BCUT2D eigenvalue weighted by atomic mass is 35.5. The first-order valence-electron chi connectivity index (χ1n) is 5.17. The van der Waals surface area contributed by atoms with Gasteiger partial charge in [-0.2, -0.15) is 0 Å². The molecule has 1 heterocycles. The summed E-state index contributed by atoms with van der Waals surface area (Å²) in [6.07, 6.45) is 1.35. The highest BCUT2D eigenvalue weighted by Crippen LogP contribution is 2.12. The average Bonchev–Trinajstić information content (AvgIpc) is 2.26. The molecule has 0 spiro atoms. The van der Waals surface area contributed by atoms with Gasteiger partial charge in [-0.1, -0.05) is 11.6 Å². The Kier molecular flexibility index (Phi) is 5.32. The van der Waals surface area contributed by atoms with Crippen LogP contribution < -0.4 is 4.72 Å². The first kappa shape index (κ1) is 14.4. The van der Waals surface area contributed by atoms with Crippen LogP contribution in [0.2, 0.25) is 5.15 Å². The summed E-state index contributed by atoms with van der Waals surface area (Å²) < 4.78 is 31.4. The SMILES string of the molecule is CCOCC(C)NS(=O)(=O)c1ccnc(Cl)c1. The molecule has 1 atom stereocenters. The van der Waals surface area contributed by atoms with Crippen molar-refractivity contribution in [2.24, 2.45) is 0 Å². The summed E-state index contributed by atoms with van der Waals surface area (Å²) >= 11 is 5.64. The van der Waals surface area contributed by atoms with Gasteiger partial charge in [-0.25, -0.2) is 18.1 Å². The van der Waals surface area contributed by atoms with Crippen LogP contribution in [0.15, 0.2) is 23.2 Å². The van der Waals surface area contributed by atoms with Gasteiger partial charge in [0.15, 0.2) is 0 Å². The summed E-state index contributed by atoms with van der Waals surface area (Å²) in [7, 11) is -3.57. The van der Waals surface area contributed by atoms with Gasteiger partial charge < -0.3 is 4.74 Å². The number of rotatable bonds is 6. The number of halogens is 1. The lowest BCUT2D eigenvalue weighted by molar-refractivity contribution is 0.133. The average molecular weight is 279 g/mol. The molecule has 1 aromatic heterocycles. The number of pyridine rings is 1. The lowest BCUT2D eigenvalue weighted by atomic mass is 10.4. The largest absolute Gasteiger partial charge is 0.380 e. The summed E-state index contributed by atoms with van der Waals surface area (Å²) in [5.74, 6) is 0. The van der Waals surface area contributed by atoms with Gasteiger partial charge in [-0.15, -0.1) is 0 Å². The Labute approximate surface area is 106 Å². The van der Waals surface area contributed by atoms with Crippen molar-refractivity contribution in [1.29, 1.82) is 0 Å². The molecule has 0 saturated carbocycles. The van der Waals surface area contributed by atoms with Gasteiger partial charge >= 0.3 is 0 Å². The summed E-state index contributed by atoms with van der Waals surface area (Å²) in [5.41, 5.74) is 0. The van der Waals surface area contributed by atoms with E-state index in [-0.39, 0.29) is 16.1 Å². The molecule has 0 radical (unpaired) electrons. The van der Waals surface area contributed by atoms with Crippen molar-refractivity contribution in [2.75, 3.05) is 13.2 Å². The van der Waals surface area contributed by atoms with Gasteiger partial charge in [0.2, 0.25) is 10.0 Å². The number of ether oxygens (including phenoxy) is 1. The summed E-state index contributed by atoms with van der Waals surface area (Å²) in [6.45, 7) is 4.46. The molecule has 96 valence electrons. The first-order chi connectivity index (χ1) is 7.95. The molecule has 0 saturated heterocycles. The lowest BCUT2D eigenvalue weighted by Gasteiger charge is -2.13. The third-order valence-electron chi connectivity index (χ3n) is 1.94. The molecule has 17 heavy (non-hydrogen) atoms. The maximum Gasteiger partial charge on any atom is 0.241 e. The number of nitrogens with zero attached hydrogens (tertiary/aromatic N) is 1. The fourth-order valence-corrected chi connectivity index (χ4v) is 2.69. The van der Waals surface area contributed by atoms with Crippen molar-refractivity contribution in [1.82, 2.24) is 9.71 Å². The number of aromatic nitrogens is 1. The van der Waals surface area contributed by atoms with Gasteiger partial charge in [-0.05, 0) is 26.0 Å². The molecule has 0 aliphatic rings. The minimum atomic E-state index is -3.57. The zero-order valence-corrected chi connectivity index (χ0v) is 11.3. The highest BCUT2D eigenvalue weighted by molar-refractivity contribution is 7.89. The zero-order chi connectivity index (χ0) is 12.9. The second-order valence-electron chi connectivity index (χ2n) is 3.50. The smallest absolute Gasteiger partial charge is 0.241 e. The van der Waals surface area contributed by atoms with Crippen LogP contribution in [-0.2, 0) is 14.8 Å². The Morgan fingerprint density at radius 3 is 2.88 bits per heavy atom. The molecule has 0 fully saturated rings. The van der Waals surface area contributed by atoms with E-state index in [4.69, 9.17) is 16.3 Å². The van der Waals surface area contributed by atoms with E-state index in [1.807, 2.05) is 6.92 Å². The standard InChI is InChI=1S/C10H15ClN2O3S/c1-3-16-7-8(2)13-17(14,15)9-4-5-12-10(11)6-9/h4-6,8,13H,3,7H2,1-2H3. The van der Waals surface area contributed by atoms with Crippen LogP contribution in [0.1, 0.15) is 13.8 Å². The van der Waals surface area contributed by atoms with Crippen molar-refractivity contribution in [3.05, 3.63) is 23.5 Å². The first-order valence-corrected chi connectivity index (χ1v) is 7.03. The minimum Gasteiger partial charge on any atom is -0.380 e. The van der Waals surface area contributed by atoms with E-state index >= 15 is 0 Å². The van der Waals surface area contributed by atoms with Crippen LogP contribution in [-0.4, -0.2) is 32.7 Å². The molecule has 5 nitrogen and oxygen atoms in total. The van der Waals surface area contributed by atoms with Crippen LogP contribution in [0.3, 0.4) is 0 Å². The summed E-state index contributed by atoms with van der Waals surface area (Å²) in [5, 5.41) is 0.144. The normalized spacial score (nSPS) is 13.6. The fourth-order valence-electron chi connectivity index (χ4n) is 1.21. The molecule has 0 amide bonds. The van der Waals surface area contributed by atoms with Crippen molar-refractivity contribution in [3.63, 3.8) is 0 Å². The second kappa shape index (κ2) is 6.30. The van der Waals surface area contributed by atoms with E-state index < -0.39 is 10.0 Å². The van der Waals surface area contributed by atoms with Crippen molar-refractivity contribution in [2.45, 2.75) is 24.8 Å². The Balaban J connectivity index is 2.75. The van der Waals surface area contributed by atoms with Gasteiger partial charge in [0.25, 0.3) is 0 Å².